The Hall–Kier alpha value is -2.35. The lowest BCUT2D eigenvalue weighted by Gasteiger charge is -2.16. The van der Waals surface area contributed by atoms with Crippen LogP contribution in [0.25, 0.3) is 11.2 Å². The number of fused-ring (bicyclic) bond motifs is 1. The van der Waals surface area contributed by atoms with Crippen LogP contribution in [0.2, 0.25) is 0 Å². The van der Waals surface area contributed by atoms with E-state index in [4.69, 9.17) is 0 Å². The summed E-state index contributed by atoms with van der Waals surface area (Å²) in [6, 6.07) is 14.8. The van der Waals surface area contributed by atoms with Crippen molar-refractivity contribution in [2.45, 2.75) is 27.2 Å². The molecule has 0 bridgehead atoms. The second kappa shape index (κ2) is 6.18. The van der Waals surface area contributed by atoms with Crippen molar-refractivity contribution in [3.8, 4) is 0 Å². The minimum Gasteiger partial charge on any atom is -0.304 e. The molecule has 2 heterocycles. The third kappa shape index (κ3) is 2.69. The summed E-state index contributed by atoms with van der Waals surface area (Å²) < 4.78 is 2.17. The lowest BCUT2D eigenvalue weighted by atomic mass is 9.90. The van der Waals surface area contributed by atoms with Crippen LogP contribution in [-0.4, -0.2) is 9.38 Å². The van der Waals surface area contributed by atoms with Crippen LogP contribution in [0.4, 0.5) is 0 Å². The van der Waals surface area contributed by atoms with Gasteiger partial charge in [-0.05, 0) is 41.7 Å². The minimum atomic E-state index is 0.522. The van der Waals surface area contributed by atoms with E-state index in [0.717, 1.165) is 12.1 Å². The van der Waals surface area contributed by atoms with Gasteiger partial charge in [0.25, 0.3) is 0 Å². The van der Waals surface area contributed by atoms with E-state index < -0.39 is 0 Å². The average Bonchev–Trinajstić information content (AvgIpc) is 2.93. The summed E-state index contributed by atoms with van der Waals surface area (Å²) in [7, 11) is 0. The van der Waals surface area contributed by atoms with E-state index in [2.05, 4.69) is 72.8 Å². The quantitative estimate of drug-likeness (QED) is 0.662. The van der Waals surface area contributed by atoms with Gasteiger partial charge in [-0.3, -0.25) is 0 Å². The van der Waals surface area contributed by atoms with Crippen molar-refractivity contribution in [1.82, 2.24) is 9.38 Å². The standard InChI is InChI=1S/C20H22N2/c1-4-18(15(2)3)19-10-6-5-9-16(19)13-17-14-21-20-11-7-8-12-22(17)20/h4-12,14-15H,13H2,1-3H3/b18-4-. The van der Waals surface area contributed by atoms with Gasteiger partial charge in [0, 0.05) is 24.5 Å². The number of hydrogen-bond acceptors (Lipinski definition) is 1. The maximum absolute atomic E-state index is 4.49. The zero-order chi connectivity index (χ0) is 15.5. The molecule has 0 amide bonds. The van der Waals surface area contributed by atoms with Crippen molar-refractivity contribution in [2.75, 3.05) is 0 Å². The third-order valence-electron chi connectivity index (χ3n) is 4.13. The van der Waals surface area contributed by atoms with E-state index in [1.165, 1.54) is 22.4 Å². The first-order valence-electron chi connectivity index (χ1n) is 7.86. The van der Waals surface area contributed by atoms with Gasteiger partial charge in [0.05, 0.1) is 0 Å². The fourth-order valence-electron chi connectivity index (χ4n) is 3.07. The summed E-state index contributed by atoms with van der Waals surface area (Å²) in [6.45, 7) is 6.63. The first-order chi connectivity index (χ1) is 10.7. The molecule has 3 aromatic rings. The third-order valence-corrected chi connectivity index (χ3v) is 4.13. The first-order valence-corrected chi connectivity index (χ1v) is 7.86. The maximum atomic E-state index is 4.49. The molecule has 2 nitrogen and oxygen atoms in total. The second-order valence-electron chi connectivity index (χ2n) is 5.91. The van der Waals surface area contributed by atoms with E-state index in [9.17, 15) is 0 Å². The lowest BCUT2D eigenvalue weighted by molar-refractivity contribution is 0.850. The molecule has 0 fully saturated rings. The number of allylic oxidation sites excluding steroid dienone is 2. The molecular weight excluding hydrogens is 268 g/mol. The zero-order valence-electron chi connectivity index (χ0n) is 13.5. The van der Waals surface area contributed by atoms with Gasteiger partial charge in [-0.15, -0.1) is 0 Å². The number of nitrogens with zero attached hydrogens (tertiary/aromatic N) is 2. The average molecular weight is 290 g/mol. The molecule has 0 aliphatic heterocycles. The molecule has 0 saturated heterocycles. The predicted molar refractivity (Wildman–Crippen MR) is 92.9 cm³/mol. The Bertz CT molecular complexity index is 809. The smallest absolute Gasteiger partial charge is 0.136 e. The van der Waals surface area contributed by atoms with E-state index in [-0.39, 0.29) is 0 Å². The Kier molecular flexibility index (Phi) is 4.10. The van der Waals surface area contributed by atoms with Crippen LogP contribution in [0.1, 0.15) is 37.6 Å². The van der Waals surface area contributed by atoms with Gasteiger partial charge in [-0.1, -0.05) is 50.3 Å². The first kappa shape index (κ1) is 14.6. The van der Waals surface area contributed by atoms with Crippen LogP contribution in [0.15, 0.2) is 60.9 Å². The minimum absolute atomic E-state index is 0.522. The second-order valence-corrected chi connectivity index (χ2v) is 5.91. The molecule has 0 aliphatic rings. The van der Waals surface area contributed by atoms with Crippen molar-refractivity contribution < 1.29 is 0 Å². The Morgan fingerprint density at radius 3 is 2.68 bits per heavy atom. The van der Waals surface area contributed by atoms with Crippen molar-refractivity contribution in [3.05, 3.63) is 77.8 Å². The molecule has 0 unspecified atom stereocenters. The van der Waals surface area contributed by atoms with Crippen molar-refractivity contribution >= 4 is 11.2 Å². The summed E-state index contributed by atoms with van der Waals surface area (Å²) in [4.78, 5) is 4.49. The van der Waals surface area contributed by atoms with E-state index in [1.54, 1.807) is 0 Å². The van der Waals surface area contributed by atoms with Crippen LogP contribution < -0.4 is 0 Å². The SMILES string of the molecule is C/C=C(\c1ccccc1Cc1cnc2ccccn12)C(C)C. The largest absolute Gasteiger partial charge is 0.304 e. The molecule has 2 aromatic heterocycles. The van der Waals surface area contributed by atoms with Crippen LogP contribution in [-0.2, 0) is 6.42 Å². The Balaban J connectivity index is 2.03. The number of pyridine rings is 1. The van der Waals surface area contributed by atoms with Crippen LogP contribution >= 0.6 is 0 Å². The van der Waals surface area contributed by atoms with Gasteiger partial charge in [0.15, 0.2) is 0 Å². The van der Waals surface area contributed by atoms with Crippen molar-refractivity contribution in [1.29, 1.82) is 0 Å². The van der Waals surface area contributed by atoms with Crippen molar-refractivity contribution in [3.63, 3.8) is 0 Å². The molecule has 22 heavy (non-hydrogen) atoms. The van der Waals surface area contributed by atoms with Gasteiger partial charge in [-0.25, -0.2) is 4.98 Å². The molecule has 0 N–H and O–H groups in total. The zero-order valence-corrected chi connectivity index (χ0v) is 13.5. The molecule has 112 valence electrons. The summed E-state index contributed by atoms with van der Waals surface area (Å²) in [5.74, 6) is 0.522. The van der Waals surface area contributed by atoms with Crippen LogP contribution in [0, 0.1) is 5.92 Å². The fourth-order valence-corrected chi connectivity index (χ4v) is 3.07. The summed E-state index contributed by atoms with van der Waals surface area (Å²) in [6.07, 6.45) is 7.19. The lowest BCUT2D eigenvalue weighted by Crippen LogP contribution is -2.01. The predicted octanol–water partition coefficient (Wildman–Crippen LogP) is 4.98. The highest BCUT2D eigenvalue weighted by Crippen LogP contribution is 2.27. The van der Waals surface area contributed by atoms with Gasteiger partial charge in [-0.2, -0.15) is 0 Å². The van der Waals surface area contributed by atoms with E-state index in [0.29, 0.717) is 5.92 Å². The van der Waals surface area contributed by atoms with E-state index >= 15 is 0 Å². The van der Waals surface area contributed by atoms with Crippen LogP contribution in [0.3, 0.4) is 0 Å². The summed E-state index contributed by atoms with van der Waals surface area (Å²) >= 11 is 0. The van der Waals surface area contributed by atoms with Crippen molar-refractivity contribution in [2.24, 2.45) is 5.92 Å². The molecular formula is C20H22N2. The molecule has 3 rings (SSSR count). The highest BCUT2D eigenvalue weighted by Gasteiger charge is 2.12. The molecule has 0 atom stereocenters. The Morgan fingerprint density at radius 2 is 1.91 bits per heavy atom. The van der Waals surface area contributed by atoms with Gasteiger partial charge in [0.1, 0.15) is 5.65 Å². The number of imidazole rings is 1. The highest BCUT2D eigenvalue weighted by molar-refractivity contribution is 5.69. The molecule has 0 saturated carbocycles. The molecule has 2 heteroatoms. The molecule has 1 aromatic carbocycles. The maximum Gasteiger partial charge on any atom is 0.136 e. The Morgan fingerprint density at radius 1 is 1.14 bits per heavy atom. The Labute approximate surface area is 132 Å². The molecule has 0 aliphatic carbocycles. The summed E-state index contributed by atoms with van der Waals surface area (Å²) in [5, 5.41) is 0. The molecule has 0 spiro atoms. The number of aromatic nitrogens is 2. The van der Waals surface area contributed by atoms with Gasteiger partial charge >= 0.3 is 0 Å². The molecule has 0 radical (unpaired) electrons. The number of benzene rings is 1. The van der Waals surface area contributed by atoms with Gasteiger partial charge in [0.2, 0.25) is 0 Å². The highest BCUT2D eigenvalue weighted by atomic mass is 15.0. The topological polar surface area (TPSA) is 17.3 Å². The van der Waals surface area contributed by atoms with Gasteiger partial charge < -0.3 is 4.40 Å². The monoisotopic (exact) mass is 290 g/mol. The normalized spacial score (nSPS) is 12.3. The summed E-state index contributed by atoms with van der Waals surface area (Å²) in [5.41, 5.74) is 6.35. The van der Waals surface area contributed by atoms with E-state index in [1.807, 2.05) is 18.3 Å². The fraction of sp³-hybridized carbons (Fsp3) is 0.250. The van der Waals surface area contributed by atoms with Crippen LogP contribution in [0.5, 0.6) is 0 Å². The number of rotatable bonds is 4. The number of hydrogen-bond donors (Lipinski definition) is 0.